The van der Waals surface area contributed by atoms with Crippen LogP contribution in [0.4, 0.5) is 5.69 Å². The molecule has 0 bridgehead atoms. The molecule has 1 aromatic heterocycles. The van der Waals surface area contributed by atoms with E-state index < -0.39 is 0 Å². The van der Waals surface area contributed by atoms with Gasteiger partial charge in [-0.05, 0) is 6.07 Å². The van der Waals surface area contributed by atoms with Gasteiger partial charge in [-0.2, -0.15) is 0 Å². The fourth-order valence-electron chi connectivity index (χ4n) is 0.736. The Morgan fingerprint density at radius 2 is 2.33 bits per heavy atom. The van der Waals surface area contributed by atoms with Gasteiger partial charge in [-0.25, -0.2) is 4.57 Å². The number of aromatic nitrogens is 1. The Labute approximate surface area is 55.1 Å². The SMILES string of the molecule is CNc1ccc[n+](C)c1. The van der Waals surface area contributed by atoms with Crippen molar-refractivity contribution in [3.8, 4) is 0 Å². The van der Waals surface area contributed by atoms with Crippen LogP contribution < -0.4 is 9.88 Å². The molecule has 2 heteroatoms. The Balaban J connectivity index is 2.94. The van der Waals surface area contributed by atoms with Crippen molar-refractivity contribution < 1.29 is 4.57 Å². The van der Waals surface area contributed by atoms with Gasteiger partial charge in [0, 0.05) is 13.1 Å². The van der Waals surface area contributed by atoms with Gasteiger partial charge in [-0.15, -0.1) is 0 Å². The third-order valence-corrected chi connectivity index (χ3v) is 1.23. The average Bonchev–Trinajstić information content (AvgIpc) is 1.88. The molecule has 9 heavy (non-hydrogen) atoms. The molecule has 0 saturated heterocycles. The minimum atomic E-state index is 1.14. The molecule has 2 nitrogen and oxygen atoms in total. The quantitative estimate of drug-likeness (QED) is 0.539. The number of rotatable bonds is 1. The van der Waals surface area contributed by atoms with E-state index in [0.717, 1.165) is 5.69 Å². The Morgan fingerprint density at radius 3 is 2.78 bits per heavy atom. The Kier molecular flexibility index (Phi) is 1.68. The van der Waals surface area contributed by atoms with E-state index in [9.17, 15) is 0 Å². The molecule has 0 amide bonds. The van der Waals surface area contributed by atoms with Gasteiger partial charge >= 0.3 is 0 Å². The van der Waals surface area contributed by atoms with E-state index in [4.69, 9.17) is 0 Å². The third-order valence-electron chi connectivity index (χ3n) is 1.23. The predicted octanol–water partition coefficient (Wildman–Crippen LogP) is 0.553. The lowest BCUT2D eigenvalue weighted by atomic mass is 10.4. The second-order valence-electron chi connectivity index (χ2n) is 2.01. The zero-order chi connectivity index (χ0) is 6.69. The summed E-state index contributed by atoms with van der Waals surface area (Å²) in [7, 11) is 3.91. The summed E-state index contributed by atoms with van der Waals surface area (Å²) in [5, 5.41) is 3.05. The lowest BCUT2D eigenvalue weighted by Gasteiger charge is -1.93. The Bertz CT molecular complexity index is 196. The van der Waals surface area contributed by atoms with E-state index in [0.29, 0.717) is 0 Å². The van der Waals surface area contributed by atoms with Crippen molar-refractivity contribution in [2.24, 2.45) is 7.05 Å². The van der Waals surface area contributed by atoms with Crippen molar-refractivity contribution in [1.82, 2.24) is 0 Å². The lowest BCUT2D eigenvalue weighted by molar-refractivity contribution is -0.670. The van der Waals surface area contributed by atoms with E-state index >= 15 is 0 Å². The van der Waals surface area contributed by atoms with Crippen LogP contribution in [0.5, 0.6) is 0 Å². The van der Waals surface area contributed by atoms with Crippen LogP contribution in [0, 0.1) is 0 Å². The van der Waals surface area contributed by atoms with E-state index in [1.165, 1.54) is 0 Å². The van der Waals surface area contributed by atoms with Crippen LogP contribution in [0.25, 0.3) is 0 Å². The molecular weight excluding hydrogens is 112 g/mol. The second kappa shape index (κ2) is 2.49. The molecule has 0 aliphatic heterocycles. The molecule has 0 aliphatic rings. The van der Waals surface area contributed by atoms with Gasteiger partial charge in [0.15, 0.2) is 12.4 Å². The van der Waals surface area contributed by atoms with Gasteiger partial charge in [0.05, 0.1) is 5.69 Å². The first-order valence-corrected chi connectivity index (χ1v) is 2.96. The van der Waals surface area contributed by atoms with Crippen molar-refractivity contribution in [1.29, 1.82) is 0 Å². The van der Waals surface area contributed by atoms with Gasteiger partial charge in [-0.3, -0.25) is 0 Å². The molecule has 0 spiro atoms. The summed E-state index contributed by atoms with van der Waals surface area (Å²) in [5.74, 6) is 0. The van der Waals surface area contributed by atoms with Crippen LogP contribution >= 0.6 is 0 Å². The molecule has 1 aromatic rings. The second-order valence-corrected chi connectivity index (χ2v) is 2.01. The molecule has 0 aromatic carbocycles. The van der Waals surface area contributed by atoms with Gasteiger partial charge < -0.3 is 5.32 Å². The maximum Gasteiger partial charge on any atom is 0.191 e. The summed E-state index contributed by atoms with van der Waals surface area (Å²) in [6.45, 7) is 0. The van der Waals surface area contributed by atoms with Gasteiger partial charge in [-0.1, -0.05) is 0 Å². The molecule has 1 heterocycles. The van der Waals surface area contributed by atoms with E-state index in [1.54, 1.807) is 0 Å². The van der Waals surface area contributed by atoms with Crippen LogP contribution in [0.1, 0.15) is 0 Å². The van der Waals surface area contributed by atoms with Crippen molar-refractivity contribution in [3.05, 3.63) is 24.5 Å². The van der Waals surface area contributed by atoms with Crippen LogP contribution in [0.2, 0.25) is 0 Å². The van der Waals surface area contributed by atoms with Crippen LogP contribution in [0.3, 0.4) is 0 Å². The molecule has 0 aliphatic carbocycles. The first-order valence-electron chi connectivity index (χ1n) is 2.96. The number of hydrogen-bond acceptors (Lipinski definition) is 1. The fraction of sp³-hybridized carbons (Fsp3) is 0.286. The number of aryl methyl sites for hydroxylation is 1. The minimum Gasteiger partial charge on any atom is -0.383 e. The van der Waals surface area contributed by atoms with Crippen molar-refractivity contribution >= 4 is 5.69 Å². The molecule has 0 saturated carbocycles. The molecular formula is C7H11N2+. The first kappa shape index (κ1) is 6.08. The highest BCUT2D eigenvalue weighted by Gasteiger charge is 1.91. The van der Waals surface area contributed by atoms with Crippen LogP contribution in [-0.2, 0) is 7.05 Å². The van der Waals surface area contributed by atoms with Crippen LogP contribution in [-0.4, -0.2) is 7.05 Å². The lowest BCUT2D eigenvalue weighted by Crippen LogP contribution is -2.26. The first-order chi connectivity index (χ1) is 4.33. The average molecular weight is 123 g/mol. The number of nitrogens with zero attached hydrogens (tertiary/aromatic N) is 1. The fourth-order valence-corrected chi connectivity index (χ4v) is 0.736. The summed E-state index contributed by atoms with van der Waals surface area (Å²) in [6, 6.07) is 4.03. The number of nitrogens with one attached hydrogen (secondary N) is 1. The topological polar surface area (TPSA) is 15.9 Å². The smallest absolute Gasteiger partial charge is 0.191 e. The maximum atomic E-state index is 3.05. The molecule has 1 rings (SSSR count). The van der Waals surface area contributed by atoms with Crippen LogP contribution in [0.15, 0.2) is 24.5 Å². The summed E-state index contributed by atoms with van der Waals surface area (Å²) >= 11 is 0. The summed E-state index contributed by atoms with van der Waals surface area (Å²) in [6.07, 6.45) is 4.03. The highest BCUT2D eigenvalue weighted by atomic mass is 14.9. The van der Waals surface area contributed by atoms with Crippen molar-refractivity contribution in [2.75, 3.05) is 12.4 Å². The number of pyridine rings is 1. The predicted molar refractivity (Wildman–Crippen MR) is 37.2 cm³/mol. The zero-order valence-corrected chi connectivity index (χ0v) is 5.76. The number of anilines is 1. The normalized spacial score (nSPS) is 9.11. The van der Waals surface area contributed by atoms with Gasteiger partial charge in [0.25, 0.3) is 0 Å². The standard InChI is InChI=1S/C7H11N2/c1-8-7-4-3-5-9(2)6-7/h3-6,8H,1-2H3/q+1. The summed E-state index contributed by atoms with van der Waals surface area (Å²) < 4.78 is 2.01. The molecule has 0 unspecified atom stereocenters. The van der Waals surface area contributed by atoms with Crippen molar-refractivity contribution in [3.63, 3.8) is 0 Å². The molecule has 48 valence electrons. The number of hydrogen-bond donors (Lipinski definition) is 1. The molecule has 0 fully saturated rings. The highest BCUT2D eigenvalue weighted by Crippen LogP contribution is 1.97. The largest absolute Gasteiger partial charge is 0.383 e. The van der Waals surface area contributed by atoms with E-state index in [-0.39, 0.29) is 0 Å². The third kappa shape index (κ3) is 1.42. The van der Waals surface area contributed by atoms with E-state index in [2.05, 4.69) is 5.32 Å². The Morgan fingerprint density at radius 1 is 1.56 bits per heavy atom. The monoisotopic (exact) mass is 123 g/mol. The van der Waals surface area contributed by atoms with Gasteiger partial charge in [0.2, 0.25) is 0 Å². The highest BCUT2D eigenvalue weighted by molar-refractivity contribution is 5.36. The maximum absolute atomic E-state index is 3.05. The molecule has 1 N–H and O–H groups in total. The van der Waals surface area contributed by atoms with Crippen molar-refractivity contribution in [2.45, 2.75) is 0 Å². The Hall–Kier alpha value is -1.05. The minimum absolute atomic E-state index is 1.14. The zero-order valence-electron chi connectivity index (χ0n) is 5.76. The molecule has 0 radical (unpaired) electrons. The summed E-state index contributed by atoms with van der Waals surface area (Å²) in [4.78, 5) is 0. The molecule has 0 atom stereocenters. The summed E-state index contributed by atoms with van der Waals surface area (Å²) in [5.41, 5.74) is 1.14. The van der Waals surface area contributed by atoms with Gasteiger partial charge in [0.1, 0.15) is 7.05 Å². The van der Waals surface area contributed by atoms with E-state index in [1.807, 2.05) is 43.2 Å².